The Morgan fingerprint density at radius 1 is 1.03 bits per heavy atom. The highest BCUT2D eigenvalue weighted by atomic mass is 16.4. The van der Waals surface area contributed by atoms with E-state index in [0.29, 0.717) is 37.9 Å². The number of carbonyl (C=O) groups excluding carboxylic acids is 3. The van der Waals surface area contributed by atoms with Crippen molar-refractivity contribution in [3.63, 3.8) is 0 Å². The first-order chi connectivity index (χ1) is 17.0. The second-order valence-electron chi connectivity index (χ2n) is 9.63. The number of aromatic amines is 1. The molecule has 1 aromatic rings. The van der Waals surface area contributed by atoms with Crippen LogP contribution in [-0.4, -0.2) is 69.5 Å². The topological polar surface area (TPSA) is 205 Å². The van der Waals surface area contributed by atoms with Crippen LogP contribution in [0.1, 0.15) is 65.5 Å². The summed E-state index contributed by atoms with van der Waals surface area (Å²) in [4.78, 5) is 57.6. The zero-order chi connectivity index (χ0) is 27.3. The Bertz CT molecular complexity index is 831. The number of aliphatic carboxylic acids is 1. The van der Waals surface area contributed by atoms with Crippen LogP contribution in [0, 0.1) is 11.8 Å². The zero-order valence-electron chi connectivity index (χ0n) is 21.8. The molecule has 204 valence electrons. The number of carboxylic acids is 1. The fraction of sp³-hybridized carbons (Fsp3) is 0.708. The van der Waals surface area contributed by atoms with E-state index in [-0.39, 0.29) is 24.7 Å². The highest BCUT2D eigenvalue weighted by molar-refractivity contribution is 5.94. The zero-order valence-corrected chi connectivity index (χ0v) is 21.8. The maximum Gasteiger partial charge on any atom is 0.326 e. The van der Waals surface area contributed by atoms with E-state index in [1.165, 1.54) is 12.5 Å². The first kappa shape index (κ1) is 31.0. The summed E-state index contributed by atoms with van der Waals surface area (Å²) in [5.41, 5.74) is 12.1. The molecule has 5 unspecified atom stereocenters. The van der Waals surface area contributed by atoms with Crippen LogP contribution in [0.15, 0.2) is 12.5 Å². The first-order valence-electron chi connectivity index (χ1n) is 12.6. The number of nitrogens with two attached hydrogens (primary N) is 2. The Kier molecular flexibility index (Phi) is 13.7. The molecular weight excluding hydrogens is 466 g/mol. The smallest absolute Gasteiger partial charge is 0.326 e. The molecule has 3 amide bonds. The van der Waals surface area contributed by atoms with Gasteiger partial charge in [0.05, 0.1) is 12.4 Å². The lowest BCUT2D eigenvalue weighted by atomic mass is 9.96. The fourth-order valence-electron chi connectivity index (χ4n) is 3.69. The maximum absolute atomic E-state index is 13.3. The normalized spacial score (nSPS) is 15.4. The molecule has 1 aromatic heterocycles. The molecule has 0 aliphatic rings. The van der Waals surface area contributed by atoms with Crippen molar-refractivity contribution in [2.45, 2.75) is 90.4 Å². The van der Waals surface area contributed by atoms with Gasteiger partial charge in [-0.1, -0.05) is 34.1 Å². The summed E-state index contributed by atoms with van der Waals surface area (Å²) in [6, 6.07) is -3.90. The van der Waals surface area contributed by atoms with E-state index in [9.17, 15) is 24.3 Å². The average molecular weight is 510 g/mol. The van der Waals surface area contributed by atoms with Crippen LogP contribution in [0.3, 0.4) is 0 Å². The van der Waals surface area contributed by atoms with Crippen LogP contribution in [0.25, 0.3) is 0 Å². The van der Waals surface area contributed by atoms with E-state index in [4.69, 9.17) is 11.5 Å². The van der Waals surface area contributed by atoms with E-state index in [1.54, 1.807) is 6.92 Å². The molecule has 1 rings (SSSR count). The van der Waals surface area contributed by atoms with E-state index in [2.05, 4.69) is 25.9 Å². The Balaban J connectivity index is 3.04. The largest absolute Gasteiger partial charge is 0.480 e. The van der Waals surface area contributed by atoms with Gasteiger partial charge in [-0.3, -0.25) is 14.4 Å². The third-order valence-corrected chi connectivity index (χ3v) is 6.03. The summed E-state index contributed by atoms with van der Waals surface area (Å²) in [6.45, 7) is 7.96. The molecule has 0 bridgehead atoms. The molecule has 5 atom stereocenters. The fourth-order valence-corrected chi connectivity index (χ4v) is 3.69. The Morgan fingerprint density at radius 2 is 1.69 bits per heavy atom. The van der Waals surface area contributed by atoms with Crippen molar-refractivity contribution in [1.82, 2.24) is 25.9 Å². The van der Waals surface area contributed by atoms with Gasteiger partial charge in [0, 0.05) is 18.3 Å². The van der Waals surface area contributed by atoms with Crippen LogP contribution in [0.5, 0.6) is 0 Å². The molecule has 0 saturated carbocycles. The van der Waals surface area contributed by atoms with Gasteiger partial charge in [0.15, 0.2) is 0 Å². The monoisotopic (exact) mass is 509 g/mol. The molecule has 0 aliphatic heterocycles. The van der Waals surface area contributed by atoms with Gasteiger partial charge in [-0.25, -0.2) is 9.78 Å². The lowest BCUT2D eigenvalue weighted by molar-refractivity contribution is -0.143. The van der Waals surface area contributed by atoms with Crippen molar-refractivity contribution >= 4 is 23.7 Å². The van der Waals surface area contributed by atoms with Gasteiger partial charge >= 0.3 is 5.97 Å². The van der Waals surface area contributed by atoms with Gasteiger partial charge in [-0.05, 0) is 44.1 Å². The number of unbranched alkanes of at least 4 members (excludes halogenated alkanes) is 1. The number of hydrogen-bond donors (Lipinski definition) is 7. The van der Waals surface area contributed by atoms with Crippen molar-refractivity contribution in [1.29, 1.82) is 0 Å². The van der Waals surface area contributed by atoms with Gasteiger partial charge in [0.1, 0.15) is 18.1 Å². The summed E-state index contributed by atoms with van der Waals surface area (Å²) in [5, 5.41) is 17.5. The van der Waals surface area contributed by atoms with E-state index in [0.717, 1.165) is 0 Å². The number of hydrogen-bond acceptors (Lipinski definition) is 7. The predicted molar refractivity (Wildman–Crippen MR) is 136 cm³/mol. The number of imidazole rings is 1. The Morgan fingerprint density at radius 3 is 2.22 bits per heavy atom. The van der Waals surface area contributed by atoms with Crippen molar-refractivity contribution in [3.05, 3.63) is 18.2 Å². The van der Waals surface area contributed by atoms with Crippen molar-refractivity contribution < 1.29 is 24.3 Å². The van der Waals surface area contributed by atoms with Crippen LogP contribution in [0.2, 0.25) is 0 Å². The number of H-pyrrole nitrogens is 1. The van der Waals surface area contributed by atoms with Gasteiger partial charge in [0.2, 0.25) is 17.7 Å². The van der Waals surface area contributed by atoms with E-state index < -0.39 is 47.9 Å². The molecule has 0 aliphatic carbocycles. The summed E-state index contributed by atoms with van der Waals surface area (Å²) >= 11 is 0. The quantitative estimate of drug-likeness (QED) is 0.142. The number of carbonyl (C=O) groups is 4. The van der Waals surface area contributed by atoms with E-state index in [1.807, 2.05) is 20.8 Å². The van der Waals surface area contributed by atoms with Crippen LogP contribution in [0.4, 0.5) is 0 Å². The molecule has 9 N–H and O–H groups in total. The average Bonchev–Trinajstić information content (AvgIpc) is 3.33. The Labute approximate surface area is 212 Å². The van der Waals surface area contributed by atoms with Crippen molar-refractivity contribution in [3.8, 4) is 0 Å². The summed E-state index contributed by atoms with van der Waals surface area (Å²) in [7, 11) is 0. The second-order valence-corrected chi connectivity index (χ2v) is 9.63. The number of rotatable bonds is 17. The number of aromatic nitrogens is 2. The van der Waals surface area contributed by atoms with Gasteiger partial charge in [-0.2, -0.15) is 0 Å². The van der Waals surface area contributed by atoms with Gasteiger partial charge in [0.25, 0.3) is 0 Å². The number of nitrogens with zero attached hydrogens (tertiary/aromatic N) is 1. The van der Waals surface area contributed by atoms with Gasteiger partial charge < -0.3 is 37.5 Å². The molecule has 0 aromatic carbocycles. The highest BCUT2D eigenvalue weighted by Crippen LogP contribution is 2.11. The minimum Gasteiger partial charge on any atom is -0.480 e. The molecule has 1 heterocycles. The van der Waals surface area contributed by atoms with Crippen molar-refractivity contribution in [2.24, 2.45) is 23.3 Å². The molecule has 0 radical (unpaired) electrons. The number of amides is 3. The predicted octanol–water partition coefficient (Wildman–Crippen LogP) is 0.0397. The molecule has 36 heavy (non-hydrogen) atoms. The van der Waals surface area contributed by atoms with Crippen LogP contribution in [-0.2, 0) is 25.6 Å². The van der Waals surface area contributed by atoms with Crippen LogP contribution < -0.4 is 27.4 Å². The lowest BCUT2D eigenvalue weighted by Gasteiger charge is -2.28. The third-order valence-electron chi connectivity index (χ3n) is 6.03. The van der Waals surface area contributed by atoms with Crippen molar-refractivity contribution in [2.75, 3.05) is 6.54 Å². The summed E-state index contributed by atoms with van der Waals surface area (Å²) in [6.07, 6.45) is 5.52. The molecule has 0 spiro atoms. The molecule has 0 saturated heterocycles. The van der Waals surface area contributed by atoms with Gasteiger partial charge in [-0.15, -0.1) is 0 Å². The minimum atomic E-state index is -1.15. The first-order valence-corrected chi connectivity index (χ1v) is 12.6. The minimum absolute atomic E-state index is 0.109. The molecule has 12 heteroatoms. The maximum atomic E-state index is 13.3. The molecule has 0 fully saturated rings. The lowest BCUT2D eigenvalue weighted by Crippen LogP contribution is -2.59. The van der Waals surface area contributed by atoms with Crippen LogP contribution >= 0.6 is 0 Å². The second kappa shape index (κ2) is 15.9. The molecule has 12 nitrogen and oxygen atoms in total. The number of carboxylic acid groups (broad SMARTS) is 1. The SMILES string of the molecule is CCC(C)C(NC(=O)C(Cc1cnc[nH]1)NC(=O)C(N)CC(C)C)C(=O)NC(CCCCN)C(=O)O. The summed E-state index contributed by atoms with van der Waals surface area (Å²) in [5.74, 6) is -2.90. The van der Waals surface area contributed by atoms with E-state index >= 15 is 0 Å². The number of nitrogens with one attached hydrogen (secondary N) is 4. The third kappa shape index (κ3) is 10.7. The highest BCUT2D eigenvalue weighted by Gasteiger charge is 2.33. The Hall–Kier alpha value is -2.99. The summed E-state index contributed by atoms with van der Waals surface area (Å²) < 4.78 is 0. The molecular formula is C24H43N7O5. The standard InChI is InChI=1S/C24H43N7O5/c1-5-15(4)20(23(34)29-18(24(35)36)8-6-7-9-25)31-22(33)19(11-16-12-27-13-28-16)30-21(32)17(26)10-14(2)3/h12-15,17-20H,5-11,25-26H2,1-4H3,(H,27,28)(H,29,34)(H,30,32)(H,31,33)(H,35,36).